The predicted molar refractivity (Wildman–Crippen MR) is 108 cm³/mol. The monoisotopic (exact) mass is 369 g/mol. The Bertz CT molecular complexity index is 780. The summed E-state index contributed by atoms with van der Waals surface area (Å²) in [4.78, 5) is 24.1. The number of anilines is 2. The van der Waals surface area contributed by atoms with Crippen LogP contribution in [0.2, 0.25) is 0 Å². The van der Waals surface area contributed by atoms with E-state index >= 15 is 0 Å². The maximum Gasteiger partial charge on any atom is 0.239 e. The molecule has 6 heteroatoms. The third kappa shape index (κ3) is 6.66. The summed E-state index contributed by atoms with van der Waals surface area (Å²) < 4.78 is 5.11. The molecule has 0 aliphatic heterocycles. The van der Waals surface area contributed by atoms with Crippen molar-refractivity contribution < 1.29 is 14.3 Å². The molecule has 0 unspecified atom stereocenters. The molecule has 2 rings (SSSR count). The van der Waals surface area contributed by atoms with E-state index in [-0.39, 0.29) is 18.4 Å². The first-order chi connectivity index (χ1) is 12.8. The number of benzene rings is 2. The lowest BCUT2D eigenvalue weighted by Crippen LogP contribution is -2.29. The Hall–Kier alpha value is -3.02. The first kappa shape index (κ1) is 20.3. The van der Waals surface area contributed by atoms with E-state index in [0.717, 1.165) is 17.0 Å². The zero-order valence-electron chi connectivity index (χ0n) is 16.3. The summed E-state index contributed by atoms with van der Waals surface area (Å²) in [6.07, 6.45) is 0. The number of carbonyl (C=O) groups is 2. The standard InChI is InChI=1S/C21H27N3O3/c1-21(2,3)20(26)24-17-7-5-6-16(12-17)22-14-19(25)23-13-15-8-10-18(27-4)11-9-15/h5-12,22H,13-14H2,1-4H3,(H,23,25)(H,24,26). The molecule has 27 heavy (non-hydrogen) atoms. The van der Waals surface area contributed by atoms with Gasteiger partial charge in [0.25, 0.3) is 0 Å². The fraction of sp³-hybridized carbons (Fsp3) is 0.333. The van der Waals surface area contributed by atoms with Crippen molar-refractivity contribution in [1.29, 1.82) is 0 Å². The van der Waals surface area contributed by atoms with Crippen molar-refractivity contribution in [3.8, 4) is 5.75 Å². The van der Waals surface area contributed by atoms with Gasteiger partial charge in [0.15, 0.2) is 0 Å². The van der Waals surface area contributed by atoms with Gasteiger partial charge in [0.05, 0.1) is 13.7 Å². The van der Waals surface area contributed by atoms with Crippen LogP contribution < -0.4 is 20.7 Å². The maximum atomic E-state index is 12.1. The summed E-state index contributed by atoms with van der Waals surface area (Å²) in [7, 11) is 1.62. The fourth-order valence-corrected chi connectivity index (χ4v) is 2.21. The number of amides is 2. The third-order valence-electron chi connectivity index (χ3n) is 3.90. The molecule has 0 aliphatic carbocycles. The summed E-state index contributed by atoms with van der Waals surface area (Å²) in [6.45, 7) is 6.17. The van der Waals surface area contributed by atoms with Crippen LogP contribution >= 0.6 is 0 Å². The van der Waals surface area contributed by atoms with Crippen molar-refractivity contribution in [2.24, 2.45) is 5.41 Å². The molecule has 0 saturated heterocycles. The normalized spacial score (nSPS) is 10.8. The molecule has 2 aromatic carbocycles. The Morgan fingerprint density at radius 1 is 1.00 bits per heavy atom. The third-order valence-corrected chi connectivity index (χ3v) is 3.90. The van der Waals surface area contributed by atoms with E-state index in [0.29, 0.717) is 12.2 Å². The van der Waals surface area contributed by atoms with E-state index < -0.39 is 5.41 Å². The molecule has 0 heterocycles. The molecular formula is C21H27N3O3. The molecule has 0 bridgehead atoms. The van der Waals surface area contributed by atoms with E-state index in [9.17, 15) is 9.59 Å². The molecule has 0 aromatic heterocycles. The van der Waals surface area contributed by atoms with Crippen LogP contribution in [0.5, 0.6) is 5.75 Å². The van der Waals surface area contributed by atoms with Gasteiger partial charge in [0.1, 0.15) is 5.75 Å². The zero-order chi connectivity index (χ0) is 19.9. The summed E-state index contributed by atoms with van der Waals surface area (Å²) in [5, 5.41) is 8.81. The molecule has 2 amide bonds. The van der Waals surface area contributed by atoms with Gasteiger partial charge in [-0.05, 0) is 35.9 Å². The van der Waals surface area contributed by atoms with Gasteiger partial charge < -0.3 is 20.7 Å². The maximum absolute atomic E-state index is 12.1. The van der Waals surface area contributed by atoms with Crippen LogP contribution in [0.15, 0.2) is 48.5 Å². The Kier molecular flexibility index (Phi) is 6.82. The van der Waals surface area contributed by atoms with Crippen LogP contribution in [0.25, 0.3) is 0 Å². The van der Waals surface area contributed by atoms with Gasteiger partial charge in [-0.1, -0.05) is 39.0 Å². The van der Waals surface area contributed by atoms with Crippen molar-refractivity contribution in [3.05, 3.63) is 54.1 Å². The van der Waals surface area contributed by atoms with Crippen molar-refractivity contribution in [2.45, 2.75) is 27.3 Å². The van der Waals surface area contributed by atoms with Crippen molar-refractivity contribution >= 4 is 23.2 Å². The van der Waals surface area contributed by atoms with Crippen LogP contribution in [-0.2, 0) is 16.1 Å². The van der Waals surface area contributed by atoms with Crippen molar-refractivity contribution in [3.63, 3.8) is 0 Å². The Labute approximate surface area is 160 Å². The van der Waals surface area contributed by atoms with Crippen LogP contribution in [-0.4, -0.2) is 25.5 Å². The Morgan fingerprint density at radius 2 is 1.67 bits per heavy atom. The lowest BCUT2D eigenvalue weighted by atomic mass is 9.95. The van der Waals surface area contributed by atoms with Gasteiger partial charge in [0, 0.05) is 23.3 Å². The fourth-order valence-electron chi connectivity index (χ4n) is 2.21. The molecular weight excluding hydrogens is 342 g/mol. The van der Waals surface area contributed by atoms with Crippen molar-refractivity contribution in [1.82, 2.24) is 5.32 Å². The minimum atomic E-state index is -0.467. The second kappa shape index (κ2) is 9.07. The van der Waals surface area contributed by atoms with Gasteiger partial charge in [0.2, 0.25) is 11.8 Å². The molecule has 0 aliphatic rings. The second-order valence-corrected chi connectivity index (χ2v) is 7.26. The smallest absolute Gasteiger partial charge is 0.239 e. The van der Waals surface area contributed by atoms with E-state index in [1.807, 2.05) is 63.2 Å². The Morgan fingerprint density at radius 3 is 2.30 bits per heavy atom. The number of hydrogen-bond donors (Lipinski definition) is 3. The highest BCUT2D eigenvalue weighted by atomic mass is 16.5. The summed E-state index contributed by atoms with van der Waals surface area (Å²) >= 11 is 0. The molecule has 0 fully saturated rings. The van der Waals surface area contributed by atoms with Gasteiger partial charge in [-0.3, -0.25) is 9.59 Å². The molecule has 0 spiro atoms. The number of nitrogens with one attached hydrogen (secondary N) is 3. The summed E-state index contributed by atoms with van der Waals surface area (Å²) in [5.41, 5.74) is 1.99. The lowest BCUT2D eigenvalue weighted by molar-refractivity contribution is -0.123. The average molecular weight is 369 g/mol. The molecule has 144 valence electrons. The van der Waals surface area contributed by atoms with Crippen LogP contribution in [0, 0.1) is 5.41 Å². The lowest BCUT2D eigenvalue weighted by Gasteiger charge is -2.18. The van der Waals surface area contributed by atoms with E-state index in [1.165, 1.54) is 0 Å². The number of methoxy groups -OCH3 is 1. The molecule has 0 saturated carbocycles. The largest absolute Gasteiger partial charge is 0.497 e. The van der Waals surface area contributed by atoms with Crippen molar-refractivity contribution in [2.75, 3.05) is 24.3 Å². The van der Waals surface area contributed by atoms with Crippen LogP contribution in [0.1, 0.15) is 26.3 Å². The zero-order valence-corrected chi connectivity index (χ0v) is 16.3. The average Bonchev–Trinajstić information content (AvgIpc) is 2.64. The van der Waals surface area contributed by atoms with E-state index in [4.69, 9.17) is 4.74 Å². The minimum absolute atomic E-state index is 0.0584. The van der Waals surface area contributed by atoms with Crippen LogP contribution in [0.4, 0.5) is 11.4 Å². The van der Waals surface area contributed by atoms with E-state index in [2.05, 4.69) is 16.0 Å². The SMILES string of the molecule is COc1ccc(CNC(=O)CNc2cccc(NC(=O)C(C)(C)C)c2)cc1. The first-order valence-electron chi connectivity index (χ1n) is 8.83. The molecule has 0 atom stereocenters. The summed E-state index contributed by atoms with van der Waals surface area (Å²) in [5.74, 6) is 0.608. The van der Waals surface area contributed by atoms with Crippen LogP contribution in [0.3, 0.4) is 0 Å². The van der Waals surface area contributed by atoms with E-state index in [1.54, 1.807) is 13.2 Å². The number of carbonyl (C=O) groups excluding carboxylic acids is 2. The highest BCUT2D eigenvalue weighted by Crippen LogP contribution is 2.20. The first-order valence-corrected chi connectivity index (χ1v) is 8.83. The highest BCUT2D eigenvalue weighted by Gasteiger charge is 2.21. The number of ether oxygens (including phenoxy) is 1. The highest BCUT2D eigenvalue weighted by molar-refractivity contribution is 5.95. The Balaban J connectivity index is 1.82. The quantitative estimate of drug-likeness (QED) is 0.699. The summed E-state index contributed by atoms with van der Waals surface area (Å²) in [6, 6.07) is 14.8. The molecule has 0 radical (unpaired) electrons. The second-order valence-electron chi connectivity index (χ2n) is 7.26. The molecule has 3 N–H and O–H groups in total. The molecule has 6 nitrogen and oxygen atoms in total. The number of hydrogen-bond acceptors (Lipinski definition) is 4. The van der Waals surface area contributed by atoms with Gasteiger partial charge >= 0.3 is 0 Å². The predicted octanol–water partition coefficient (Wildman–Crippen LogP) is 3.41. The van der Waals surface area contributed by atoms with Gasteiger partial charge in [-0.25, -0.2) is 0 Å². The molecule has 2 aromatic rings. The minimum Gasteiger partial charge on any atom is -0.497 e. The van der Waals surface area contributed by atoms with Gasteiger partial charge in [-0.15, -0.1) is 0 Å². The van der Waals surface area contributed by atoms with Gasteiger partial charge in [-0.2, -0.15) is 0 Å². The topological polar surface area (TPSA) is 79.5 Å². The number of rotatable bonds is 7.